The van der Waals surface area contributed by atoms with Gasteiger partial charge < -0.3 is 5.32 Å². The van der Waals surface area contributed by atoms with Crippen LogP contribution in [0.5, 0.6) is 0 Å². The summed E-state index contributed by atoms with van der Waals surface area (Å²) in [7, 11) is -2.38. The number of benzene rings is 2. The minimum absolute atomic E-state index is 0.0245. The predicted molar refractivity (Wildman–Crippen MR) is 120 cm³/mol. The van der Waals surface area contributed by atoms with Crippen molar-refractivity contribution in [2.24, 2.45) is 7.05 Å². The molecule has 1 aromatic heterocycles. The standard InChI is InChI=1S/C22H22N4O4S/c1-13(2)19-17-12-16(10-11-18(17)23-21(19)27)31(29,30)24-20-14(3)25(4)26(22(20)28)15-8-6-5-7-9-15/h5-12,24H,1-4H3,(H,23,27). The van der Waals surface area contributed by atoms with Gasteiger partial charge in [0.2, 0.25) is 0 Å². The van der Waals surface area contributed by atoms with Crippen molar-refractivity contribution in [3.05, 3.63) is 75.7 Å². The Hall–Kier alpha value is -3.59. The van der Waals surface area contributed by atoms with E-state index in [4.69, 9.17) is 0 Å². The van der Waals surface area contributed by atoms with Crippen LogP contribution < -0.4 is 15.6 Å². The van der Waals surface area contributed by atoms with Crippen molar-refractivity contribution >= 4 is 32.9 Å². The summed E-state index contributed by atoms with van der Waals surface area (Å²) in [5.74, 6) is -0.262. The van der Waals surface area contributed by atoms with Crippen LogP contribution in [0.2, 0.25) is 0 Å². The van der Waals surface area contributed by atoms with Crippen molar-refractivity contribution < 1.29 is 13.2 Å². The van der Waals surface area contributed by atoms with Crippen LogP contribution in [0.15, 0.2) is 63.8 Å². The molecule has 3 aromatic rings. The Morgan fingerprint density at radius 2 is 1.71 bits per heavy atom. The molecule has 4 rings (SSSR count). The maximum atomic E-state index is 13.1. The van der Waals surface area contributed by atoms with E-state index in [2.05, 4.69) is 10.0 Å². The zero-order chi connectivity index (χ0) is 22.5. The molecule has 1 aliphatic heterocycles. The van der Waals surface area contributed by atoms with Gasteiger partial charge in [0.05, 0.1) is 16.3 Å². The highest BCUT2D eigenvalue weighted by molar-refractivity contribution is 7.92. The number of nitrogens with one attached hydrogen (secondary N) is 2. The topological polar surface area (TPSA) is 102 Å². The number of para-hydroxylation sites is 1. The summed E-state index contributed by atoms with van der Waals surface area (Å²) in [5, 5.41) is 2.74. The lowest BCUT2D eigenvalue weighted by Gasteiger charge is -2.09. The normalized spacial score (nSPS) is 13.2. The highest BCUT2D eigenvalue weighted by atomic mass is 32.2. The third kappa shape index (κ3) is 3.36. The number of sulfonamides is 1. The third-order valence-corrected chi connectivity index (χ3v) is 6.68. The Kier molecular flexibility index (Phi) is 4.85. The summed E-state index contributed by atoms with van der Waals surface area (Å²) >= 11 is 0. The summed E-state index contributed by atoms with van der Waals surface area (Å²) in [4.78, 5) is 25.2. The number of allylic oxidation sites excluding steroid dienone is 1. The summed E-state index contributed by atoms with van der Waals surface area (Å²) in [5.41, 5.74) is 2.92. The molecule has 0 atom stereocenters. The van der Waals surface area contributed by atoms with Crippen molar-refractivity contribution in [2.75, 3.05) is 10.0 Å². The number of rotatable bonds is 4. The molecule has 160 valence electrons. The van der Waals surface area contributed by atoms with Crippen LogP contribution >= 0.6 is 0 Å². The van der Waals surface area contributed by atoms with Crippen molar-refractivity contribution in [1.29, 1.82) is 0 Å². The summed E-state index contributed by atoms with van der Waals surface area (Å²) < 4.78 is 31.7. The molecule has 0 fully saturated rings. The second-order valence-corrected chi connectivity index (χ2v) is 9.26. The molecule has 0 saturated heterocycles. The summed E-state index contributed by atoms with van der Waals surface area (Å²) in [6.45, 7) is 5.26. The average Bonchev–Trinajstić information content (AvgIpc) is 3.16. The van der Waals surface area contributed by atoms with Crippen LogP contribution in [0.25, 0.3) is 11.3 Å². The fourth-order valence-corrected chi connectivity index (χ4v) is 4.83. The average molecular weight is 439 g/mol. The molecule has 0 bridgehead atoms. The Morgan fingerprint density at radius 3 is 2.35 bits per heavy atom. The maximum Gasteiger partial charge on any atom is 0.296 e. The van der Waals surface area contributed by atoms with Crippen LogP contribution in [-0.2, 0) is 21.9 Å². The molecule has 0 spiro atoms. The van der Waals surface area contributed by atoms with E-state index in [9.17, 15) is 18.0 Å². The third-order valence-electron chi connectivity index (χ3n) is 5.34. The fourth-order valence-electron chi connectivity index (χ4n) is 3.69. The second-order valence-electron chi connectivity index (χ2n) is 7.58. The number of nitrogens with zero attached hydrogens (tertiary/aromatic N) is 2. The van der Waals surface area contributed by atoms with Gasteiger partial charge >= 0.3 is 0 Å². The van der Waals surface area contributed by atoms with Crippen molar-refractivity contribution in [3.8, 4) is 5.69 Å². The highest BCUT2D eigenvalue weighted by Crippen LogP contribution is 2.35. The first-order valence-electron chi connectivity index (χ1n) is 9.62. The van der Waals surface area contributed by atoms with E-state index in [0.717, 1.165) is 5.57 Å². The molecule has 1 amide bonds. The number of anilines is 2. The van der Waals surface area contributed by atoms with Crippen LogP contribution in [0.3, 0.4) is 0 Å². The zero-order valence-corrected chi connectivity index (χ0v) is 18.4. The van der Waals surface area contributed by atoms with Crippen LogP contribution in [0.4, 0.5) is 11.4 Å². The van der Waals surface area contributed by atoms with Gasteiger partial charge in [-0.1, -0.05) is 23.8 Å². The lowest BCUT2D eigenvalue weighted by atomic mass is 10.0. The van der Waals surface area contributed by atoms with Gasteiger partial charge in [0.25, 0.3) is 21.5 Å². The number of hydrogen-bond acceptors (Lipinski definition) is 4. The van der Waals surface area contributed by atoms with E-state index in [1.54, 1.807) is 62.8 Å². The Morgan fingerprint density at radius 1 is 1.03 bits per heavy atom. The molecule has 2 N–H and O–H groups in total. The monoisotopic (exact) mass is 438 g/mol. The van der Waals surface area contributed by atoms with E-state index >= 15 is 0 Å². The van der Waals surface area contributed by atoms with Crippen molar-refractivity contribution in [1.82, 2.24) is 9.36 Å². The first kappa shape index (κ1) is 20.7. The Balaban J connectivity index is 1.78. The number of aromatic nitrogens is 2. The predicted octanol–water partition coefficient (Wildman–Crippen LogP) is 3.03. The van der Waals surface area contributed by atoms with Gasteiger partial charge in [-0.05, 0) is 51.1 Å². The molecular formula is C22H22N4O4S. The van der Waals surface area contributed by atoms with E-state index in [1.807, 2.05) is 6.07 Å². The molecule has 0 unspecified atom stereocenters. The molecule has 1 aliphatic rings. The van der Waals surface area contributed by atoms with Crippen LogP contribution in [-0.4, -0.2) is 23.7 Å². The quantitative estimate of drug-likeness (QED) is 0.611. The minimum atomic E-state index is -4.07. The van der Waals surface area contributed by atoms with E-state index in [1.165, 1.54) is 16.8 Å². The highest BCUT2D eigenvalue weighted by Gasteiger charge is 2.28. The van der Waals surface area contributed by atoms with Gasteiger partial charge in [0.15, 0.2) is 0 Å². The molecule has 8 nitrogen and oxygen atoms in total. The number of carbonyl (C=O) groups excluding carboxylic acids is 1. The van der Waals surface area contributed by atoms with E-state index in [0.29, 0.717) is 28.2 Å². The van der Waals surface area contributed by atoms with Gasteiger partial charge in [-0.2, -0.15) is 0 Å². The molecule has 9 heteroatoms. The molecule has 2 aromatic carbocycles. The molecule has 31 heavy (non-hydrogen) atoms. The zero-order valence-electron chi connectivity index (χ0n) is 17.6. The molecule has 2 heterocycles. The largest absolute Gasteiger partial charge is 0.321 e. The van der Waals surface area contributed by atoms with Crippen molar-refractivity contribution in [3.63, 3.8) is 0 Å². The maximum absolute atomic E-state index is 13.1. The lowest BCUT2D eigenvalue weighted by molar-refractivity contribution is -0.110. The Bertz CT molecular complexity index is 1410. The van der Waals surface area contributed by atoms with Crippen LogP contribution in [0, 0.1) is 6.92 Å². The number of fused-ring (bicyclic) bond motifs is 1. The smallest absolute Gasteiger partial charge is 0.296 e. The SMILES string of the molecule is CC(C)=C1C(=O)Nc2ccc(S(=O)(=O)Nc3c(C)n(C)n(-c4ccccc4)c3=O)cc21. The van der Waals surface area contributed by atoms with Gasteiger partial charge in [0, 0.05) is 23.9 Å². The first-order chi connectivity index (χ1) is 14.6. The van der Waals surface area contributed by atoms with Gasteiger partial charge in [0.1, 0.15) is 5.69 Å². The van der Waals surface area contributed by atoms with Crippen LogP contribution in [0.1, 0.15) is 25.1 Å². The van der Waals surface area contributed by atoms with E-state index in [-0.39, 0.29) is 16.5 Å². The van der Waals surface area contributed by atoms with Gasteiger partial charge in [-0.25, -0.2) is 13.1 Å². The molecule has 0 radical (unpaired) electrons. The van der Waals surface area contributed by atoms with Gasteiger partial charge in [-0.15, -0.1) is 0 Å². The first-order valence-corrected chi connectivity index (χ1v) is 11.1. The number of amides is 1. The number of carbonyl (C=O) groups is 1. The minimum Gasteiger partial charge on any atom is -0.321 e. The van der Waals surface area contributed by atoms with E-state index < -0.39 is 15.6 Å². The van der Waals surface area contributed by atoms with Gasteiger partial charge in [-0.3, -0.25) is 19.0 Å². The number of hydrogen-bond donors (Lipinski definition) is 2. The summed E-state index contributed by atoms with van der Waals surface area (Å²) in [6.07, 6.45) is 0. The fraction of sp³-hybridized carbons (Fsp3) is 0.182. The second kappa shape index (κ2) is 7.28. The molecule has 0 saturated carbocycles. The Labute approximate surface area is 179 Å². The molecule has 0 aliphatic carbocycles. The lowest BCUT2D eigenvalue weighted by Crippen LogP contribution is -2.23. The molecular weight excluding hydrogens is 416 g/mol. The summed E-state index contributed by atoms with van der Waals surface area (Å²) in [6, 6.07) is 13.4. The van der Waals surface area contributed by atoms with Crippen molar-refractivity contribution in [2.45, 2.75) is 25.7 Å².